The lowest BCUT2D eigenvalue weighted by molar-refractivity contribution is 1.17. The predicted molar refractivity (Wildman–Crippen MR) is 179 cm³/mol. The number of hydrogen-bond donors (Lipinski definition) is 0. The van der Waals surface area contributed by atoms with E-state index >= 15 is 0 Å². The van der Waals surface area contributed by atoms with Gasteiger partial charge in [0, 0.05) is 21.9 Å². The van der Waals surface area contributed by atoms with Crippen LogP contribution in [0.2, 0.25) is 0 Å². The Hall–Kier alpha value is -7.93. The minimum absolute atomic E-state index is 0.187. The van der Waals surface area contributed by atoms with Crippen LogP contribution in [-0.2, 0) is 0 Å². The number of rotatable bonds is 4. The lowest BCUT2D eigenvalue weighted by Gasteiger charge is -2.13. The second kappa shape index (κ2) is 12.2. The number of fused-ring (bicyclic) bond motifs is 3. The monoisotopic (exact) mass is 610 g/mol. The fourth-order valence-electron chi connectivity index (χ4n) is 6.12. The van der Waals surface area contributed by atoms with Crippen molar-refractivity contribution in [2.75, 3.05) is 0 Å². The predicted octanol–water partition coefficient (Wildman–Crippen LogP) is 8.25. The van der Waals surface area contributed by atoms with E-state index < -0.39 is 0 Å². The molecule has 0 N–H and O–H groups in total. The molecule has 0 spiro atoms. The standard InChI is InChI=1S/C40H18N8/c1-2-3-27-10-24(17-41)4-7-36(27)48-37-8-5-28(39-30(20-44)11-25(18-42)12-31(39)21-45)15-34(37)35-16-29(6-9-38(35)48)40-32(22-46)13-26(19-43)14-33(40)23-47/h2-16H,1H3/b3-2+. The maximum absolute atomic E-state index is 10.0. The molecule has 6 rings (SSSR count). The first-order valence-electron chi connectivity index (χ1n) is 14.5. The number of benzene rings is 5. The van der Waals surface area contributed by atoms with Crippen LogP contribution in [0.4, 0.5) is 0 Å². The minimum Gasteiger partial charge on any atom is -0.309 e. The summed E-state index contributed by atoms with van der Waals surface area (Å²) in [5.74, 6) is 0. The van der Waals surface area contributed by atoms with Gasteiger partial charge in [-0.2, -0.15) is 36.8 Å². The van der Waals surface area contributed by atoms with Crippen LogP contribution in [0.1, 0.15) is 51.4 Å². The third-order valence-electron chi connectivity index (χ3n) is 8.10. The average molecular weight is 611 g/mol. The maximum Gasteiger partial charge on any atom is 0.0999 e. The van der Waals surface area contributed by atoms with Crippen LogP contribution in [0.25, 0.3) is 55.8 Å². The van der Waals surface area contributed by atoms with Crippen LogP contribution in [0.3, 0.4) is 0 Å². The molecule has 0 aliphatic heterocycles. The van der Waals surface area contributed by atoms with Gasteiger partial charge in [-0.05, 0) is 90.3 Å². The van der Waals surface area contributed by atoms with Crippen LogP contribution in [0.5, 0.6) is 0 Å². The van der Waals surface area contributed by atoms with Gasteiger partial charge in [0.25, 0.3) is 0 Å². The summed E-state index contributed by atoms with van der Waals surface area (Å²) in [6.45, 7) is 1.89. The molecule has 0 aliphatic carbocycles. The van der Waals surface area contributed by atoms with Gasteiger partial charge in [0.2, 0.25) is 0 Å². The number of allylic oxidation sites excluding steroid dienone is 1. The summed E-state index contributed by atoms with van der Waals surface area (Å²) >= 11 is 0. The summed E-state index contributed by atoms with van der Waals surface area (Å²) in [4.78, 5) is 0. The molecule has 0 saturated carbocycles. The number of hydrogen-bond acceptors (Lipinski definition) is 7. The second-order valence-electron chi connectivity index (χ2n) is 10.7. The lowest BCUT2D eigenvalue weighted by atomic mass is 9.91. The molecule has 218 valence electrons. The molecule has 8 heteroatoms. The lowest BCUT2D eigenvalue weighted by Crippen LogP contribution is -1.98. The quantitative estimate of drug-likeness (QED) is 0.193. The van der Waals surface area contributed by atoms with Gasteiger partial charge in [0.15, 0.2) is 0 Å². The zero-order valence-electron chi connectivity index (χ0n) is 25.2. The summed E-state index contributed by atoms with van der Waals surface area (Å²) in [7, 11) is 0. The van der Waals surface area contributed by atoms with E-state index in [2.05, 4.69) is 34.9 Å². The van der Waals surface area contributed by atoms with E-state index in [1.807, 2.05) is 73.7 Å². The Morgan fingerprint density at radius 1 is 0.479 bits per heavy atom. The van der Waals surface area contributed by atoms with E-state index in [1.54, 1.807) is 12.1 Å². The third kappa shape index (κ3) is 4.83. The van der Waals surface area contributed by atoms with E-state index in [-0.39, 0.29) is 33.4 Å². The summed E-state index contributed by atoms with van der Waals surface area (Å²) in [5, 5.41) is 70.1. The average Bonchev–Trinajstić information content (AvgIpc) is 3.46. The summed E-state index contributed by atoms with van der Waals surface area (Å²) in [6, 6.07) is 37.2. The molecule has 1 heterocycles. The molecule has 8 nitrogen and oxygen atoms in total. The highest BCUT2D eigenvalue weighted by Crippen LogP contribution is 2.40. The van der Waals surface area contributed by atoms with Crippen LogP contribution in [-0.4, -0.2) is 4.57 Å². The summed E-state index contributed by atoms with van der Waals surface area (Å²) in [6.07, 6.45) is 3.81. The van der Waals surface area contributed by atoms with Gasteiger partial charge in [-0.25, -0.2) is 0 Å². The van der Waals surface area contributed by atoms with E-state index in [4.69, 9.17) is 0 Å². The molecule has 0 unspecified atom stereocenters. The van der Waals surface area contributed by atoms with Crippen molar-refractivity contribution in [1.29, 1.82) is 36.8 Å². The fraction of sp³-hybridized carbons (Fsp3) is 0.0250. The molecule has 0 saturated heterocycles. The Labute approximate surface area is 275 Å². The van der Waals surface area contributed by atoms with Crippen molar-refractivity contribution in [2.45, 2.75) is 6.92 Å². The van der Waals surface area contributed by atoms with Crippen LogP contribution in [0, 0.1) is 79.3 Å². The van der Waals surface area contributed by atoms with Crippen molar-refractivity contribution in [3.8, 4) is 70.4 Å². The van der Waals surface area contributed by atoms with E-state index in [0.29, 0.717) is 27.8 Å². The van der Waals surface area contributed by atoms with Crippen LogP contribution >= 0.6 is 0 Å². The molecular weight excluding hydrogens is 592 g/mol. The SMILES string of the molecule is C/C=C/c1cc(C#N)ccc1-n1c2ccc(-c3c(C#N)cc(C#N)cc3C#N)cc2c2cc(-c3c(C#N)cc(C#N)cc3C#N)ccc21. The molecule has 0 bridgehead atoms. The topological polar surface area (TPSA) is 171 Å². The van der Waals surface area contributed by atoms with Crippen molar-refractivity contribution in [1.82, 2.24) is 4.57 Å². The van der Waals surface area contributed by atoms with E-state index in [0.717, 1.165) is 33.1 Å². The highest BCUT2D eigenvalue weighted by atomic mass is 15.0. The smallest absolute Gasteiger partial charge is 0.0999 e. The minimum atomic E-state index is 0.187. The molecule has 5 aromatic carbocycles. The molecule has 0 fully saturated rings. The second-order valence-corrected chi connectivity index (χ2v) is 10.7. The third-order valence-corrected chi connectivity index (χ3v) is 8.10. The Bertz CT molecular complexity index is 2490. The number of nitrogens with zero attached hydrogens (tertiary/aromatic N) is 8. The first-order valence-corrected chi connectivity index (χ1v) is 14.5. The molecule has 6 aromatic rings. The van der Waals surface area contributed by atoms with Gasteiger partial charge in [-0.15, -0.1) is 0 Å². The fourth-order valence-corrected chi connectivity index (χ4v) is 6.12. The Morgan fingerprint density at radius 2 is 0.917 bits per heavy atom. The summed E-state index contributed by atoms with van der Waals surface area (Å²) < 4.78 is 2.05. The van der Waals surface area contributed by atoms with Gasteiger partial charge >= 0.3 is 0 Å². The van der Waals surface area contributed by atoms with Crippen molar-refractivity contribution in [3.05, 3.63) is 129 Å². The van der Waals surface area contributed by atoms with Crippen LogP contribution < -0.4 is 0 Å². The summed E-state index contributed by atoms with van der Waals surface area (Å²) in [5.41, 5.74) is 6.81. The van der Waals surface area contributed by atoms with E-state index in [9.17, 15) is 36.8 Å². The highest BCUT2D eigenvalue weighted by Gasteiger charge is 2.21. The van der Waals surface area contributed by atoms with Crippen molar-refractivity contribution in [2.24, 2.45) is 0 Å². The van der Waals surface area contributed by atoms with Gasteiger partial charge in [-0.3, -0.25) is 0 Å². The maximum atomic E-state index is 10.0. The molecule has 0 amide bonds. The van der Waals surface area contributed by atoms with Gasteiger partial charge < -0.3 is 4.57 Å². The van der Waals surface area contributed by atoms with E-state index in [1.165, 1.54) is 24.3 Å². The Balaban J connectivity index is 1.75. The molecule has 48 heavy (non-hydrogen) atoms. The molecule has 0 aliphatic rings. The first-order chi connectivity index (χ1) is 23.4. The number of nitriles is 7. The van der Waals surface area contributed by atoms with Gasteiger partial charge in [-0.1, -0.05) is 24.3 Å². The molecule has 0 atom stereocenters. The largest absolute Gasteiger partial charge is 0.309 e. The zero-order chi connectivity index (χ0) is 33.9. The Kier molecular flexibility index (Phi) is 7.67. The van der Waals surface area contributed by atoms with Crippen molar-refractivity contribution in [3.63, 3.8) is 0 Å². The first kappa shape index (κ1) is 30.1. The van der Waals surface area contributed by atoms with Gasteiger partial charge in [0.1, 0.15) is 0 Å². The normalized spacial score (nSPS) is 10.4. The highest BCUT2D eigenvalue weighted by molar-refractivity contribution is 6.12. The zero-order valence-corrected chi connectivity index (χ0v) is 25.2. The Morgan fingerprint density at radius 3 is 1.29 bits per heavy atom. The van der Waals surface area contributed by atoms with Gasteiger partial charge in [0.05, 0.1) is 98.1 Å². The van der Waals surface area contributed by atoms with Crippen molar-refractivity contribution >= 4 is 27.9 Å². The molecular formula is C40H18N8. The molecule has 1 aromatic heterocycles. The van der Waals surface area contributed by atoms with Crippen molar-refractivity contribution < 1.29 is 0 Å². The molecule has 0 radical (unpaired) electrons. The number of aromatic nitrogens is 1. The van der Waals surface area contributed by atoms with Crippen LogP contribution in [0.15, 0.2) is 84.9 Å².